The minimum atomic E-state index is -3.09. The van der Waals surface area contributed by atoms with Gasteiger partial charge in [0.2, 0.25) is 0 Å². The highest BCUT2D eigenvalue weighted by molar-refractivity contribution is 7.91. The van der Waals surface area contributed by atoms with Crippen molar-refractivity contribution in [1.82, 2.24) is 4.98 Å². The van der Waals surface area contributed by atoms with Gasteiger partial charge in [0.15, 0.2) is 9.84 Å². The molecule has 4 nitrogen and oxygen atoms in total. The number of hydrogen-bond donors (Lipinski definition) is 1. The lowest BCUT2D eigenvalue weighted by atomic mass is 10.2. The van der Waals surface area contributed by atoms with E-state index < -0.39 is 9.84 Å². The molecule has 1 rings (SSSR count). The predicted octanol–water partition coefficient (Wildman–Crippen LogP) is 1.25. The van der Waals surface area contributed by atoms with Gasteiger partial charge >= 0.3 is 0 Å². The molecule has 1 unspecified atom stereocenters. The van der Waals surface area contributed by atoms with E-state index in [-0.39, 0.29) is 17.5 Å². The number of hydrogen-bond acceptors (Lipinski definition) is 4. The zero-order valence-corrected chi connectivity index (χ0v) is 10.5. The molecule has 0 bridgehead atoms. The van der Waals surface area contributed by atoms with Crippen molar-refractivity contribution in [2.45, 2.75) is 37.8 Å². The summed E-state index contributed by atoms with van der Waals surface area (Å²) in [4.78, 5) is 4.08. The minimum Gasteiger partial charge on any atom is -0.325 e. The molecule has 0 fully saturated rings. The number of nitrogens with two attached hydrogens (primary N) is 1. The second kappa shape index (κ2) is 5.41. The number of rotatable bonds is 5. The van der Waals surface area contributed by atoms with E-state index in [0.29, 0.717) is 17.7 Å². The molecule has 5 heteroatoms. The van der Waals surface area contributed by atoms with E-state index in [4.69, 9.17) is 5.73 Å². The Balaban J connectivity index is 2.96. The monoisotopic (exact) mass is 242 g/mol. The highest BCUT2D eigenvalue weighted by atomic mass is 32.2. The summed E-state index contributed by atoms with van der Waals surface area (Å²) in [6.07, 6.45) is 2.25. The highest BCUT2D eigenvalue weighted by Crippen LogP contribution is 2.15. The molecule has 1 aromatic rings. The number of nitrogens with zero attached hydrogens (tertiary/aromatic N) is 1. The van der Waals surface area contributed by atoms with Gasteiger partial charge in [0.25, 0.3) is 0 Å². The maximum Gasteiger partial charge on any atom is 0.157 e. The lowest BCUT2D eigenvalue weighted by Gasteiger charge is -2.12. The van der Waals surface area contributed by atoms with Crippen LogP contribution in [0.5, 0.6) is 0 Å². The van der Waals surface area contributed by atoms with Gasteiger partial charge in [-0.05, 0) is 25.0 Å². The summed E-state index contributed by atoms with van der Waals surface area (Å²) in [5.41, 5.74) is 6.90. The Bertz CT molecular complexity index is 443. The Morgan fingerprint density at radius 2 is 2.19 bits per heavy atom. The first-order valence-corrected chi connectivity index (χ1v) is 7.07. The lowest BCUT2D eigenvalue weighted by Crippen LogP contribution is -2.20. The molecular formula is C11H18N2O2S. The molecule has 0 saturated carbocycles. The van der Waals surface area contributed by atoms with E-state index in [2.05, 4.69) is 4.98 Å². The third kappa shape index (κ3) is 3.02. The Kier molecular flexibility index (Phi) is 4.44. The molecule has 16 heavy (non-hydrogen) atoms. The Labute approximate surface area is 96.8 Å². The van der Waals surface area contributed by atoms with Crippen molar-refractivity contribution in [2.24, 2.45) is 5.73 Å². The van der Waals surface area contributed by atoms with Crippen LogP contribution < -0.4 is 5.73 Å². The zero-order valence-electron chi connectivity index (χ0n) is 9.68. The van der Waals surface area contributed by atoms with Gasteiger partial charge in [-0.15, -0.1) is 0 Å². The molecule has 0 aromatic carbocycles. The van der Waals surface area contributed by atoms with E-state index in [9.17, 15) is 8.42 Å². The van der Waals surface area contributed by atoms with Crippen molar-refractivity contribution in [1.29, 1.82) is 0 Å². The Morgan fingerprint density at radius 3 is 2.75 bits per heavy atom. The summed E-state index contributed by atoms with van der Waals surface area (Å²) >= 11 is 0. The summed E-state index contributed by atoms with van der Waals surface area (Å²) in [5, 5.41) is -0.321. The number of pyridine rings is 1. The summed E-state index contributed by atoms with van der Waals surface area (Å²) in [7, 11) is -3.09. The van der Waals surface area contributed by atoms with Gasteiger partial charge in [-0.3, -0.25) is 4.98 Å². The predicted molar refractivity (Wildman–Crippen MR) is 64.5 cm³/mol. The topological polar surface area (TPSA) is 73.0 Å². The molecule has 0 amide bonds. The van der Waals surface area contributed by atoms with Crippen LogP contribution in [0.15, 0.2) is 18.3 Å². The molecule has 1 atom stereocenters. The van der Waals surface area contributed by atoms with Crippen LogP contribution in [0.3, 0.4) is 0 Å². The van der Waals surface area contributed by atoms with Gasteiger partial charge in [-0.2, -0.15) is 0 Å². The fourth-order valence-electron chi connectivity index (χ4n) is 1.40. The van der Waals surface area contributed by atoms with Crippen LogP contribution in [0.1, 0.15) is 31.5 Å². The summed E-state index contributed by atoms with van der Waals surface area (Å²) in [6.45, 7) is 3.87. The standard InChI is InChI=1S/C11H18N2O2S/c1-3-9(2)16(14,15)8-10-5-4-6-13-11(10)7-12/h4-6,9H,3,7-8,12H2,1-2H3. The zero-order chi connectivity index (χ0) is 12.2. The van der Waals surface area contributed by atoms with Gasteiger partial charge in [-0.1, -0.05) is 13.0 Å². The van der Waals surface area contributed by atoms with E-state index in [0.717, 1.165) is 0 Å². The molecule has 0 aliphatic rings. The minimum absolute atomic E-state index is 0.0301. The summed E-state index contributed by atoms with van der Waals surface area (Å²) in [6, 6.07) is 3.51. The van der Waals surface area contributed by atoms with E-state index in [1.54, 1.807) is 25.3 Å². The number of sulfone groups is 1. The lowest BCUT2D eigenvalue weighted by molar-refractivity contribution is 0.579. The third-order valence-corrected chi connectivity index (χ3v) is 5.00. The highest BCUT2D eigenvalue weighted by Gasteiger charge is 2.20. The van der Waals surface area contributed by atoms with Crippen molar-refractivity contribution < 1.29 is 8.42 Å². The van der Waals surface area contributed by atoms with E-state index in [1.807, 2.05) is 6.92 Å². The molecule has 1 heterocycles. The van der Waals surface area contributed by atoms with Crippen molar-refractivity contribution in [3.05, 3.63) is 29.6 Å². The summed E-state index contributed by atoms with van der Waals surface area (Å²) < 4.78 is 23.9. The molecule has 0 spiro atoms. The maximum atomic E-state index is 11.9. The fraction of sp³-hybridized carbons (Fsp3) is 0.545. The van der Waals surface area contributed by atoms with Gasteiger partial charge in [0.1, 0.15) is 0 Å². The molecule has 0 radical (unpaired) electrons. The molecule has 0 aliphatic carbocycles. The molecule has 0 saturated heterocycles. The molecule has 0 aliphatic heterocycles. The van der Waals surface area contributed by atoms with Crippen LogP contribution in [-0.2, 0) is 22.1 Å². The van der Waals surface area contributed by atoms with Crippen LogP contribution >= 0.6 is 0 Å². The average Bonchev–Trinajstić information content (AvgIpc) is 2.28. The summed E-state index contributed by atoms with van der Waals surface area (Å²) in [5.74, 6) is 0.0301. The fourth-order valence-corrected chi connectivity index (χ4v) is 2.89. The number of aromatic nitrogens is 1. The normalized spacial score (nSPS) is 13.7. The van der Waals surface area contributed by atoms with Crippen LogP contribution in [0.25, 0.3) is 0 Å². The second-order valence-electron chi connectivity index (χ2n) is 3.84. The maximum absolute atomic E-state index is 11.9. The quantitative estimate of drug-likeness (QED) is 0.843. The smallest absolute Gasteiger partial charge is 0.157 e. The Hall–Kier alpha value is -0.940. The van der Waals surface area contributed by atoms with Gasteiger partial charge in [0.05, 0.1) is 16.7 Å². The first kappa shape index (κ1) is 13.1. The van der Waals surface area contributed by atoms with Crippen LogP contribution in [0.2, 0.25) is 0 Å². The third-order valence-electron chi connectivity index (χ3n) is 2.72. The van der Waals surface area contributed by atoms with Crippen molar-refractivity contribution in [3.8, 4) is 0 Å². The average molecular weight is 242 g/mol. The van der Waals surface area contributed by atoms with Crippen molar-refractivity contribution in [2.75, 3.05) is 0 Å². The Morgan fingerprint density at radius 1 is 1.50 bits per heavy atom. The van der Waals surface area contributed by atoms with Crippen LogP contribution in [0, 0.1) is 0 Å². The molecule has 1 aromatic heterocycles. The molecule has 2 N–H and O–H groups in total. The van der Waals surface area contributed by atoms with Crippen molar-refractivity contribution >= 4 is 9.84 Å². The van der Waals surface area contributed by atoms with Crippen LogP contribution in [0.4, 0.5) is 0 Å². The largest absolute Gasteiger partial charge is 0.325 e. The van der Waals surface area contributed by atoms with Crippen molar-refractivity contribution in [3.63, 3.8) is 0 Å². The first-order valence-electron chi connectivity index (χ1n) is 5.35. The van der Waals surface area contributed by atoms with E-state index in [1.165, 1.54) is 0 Å². The molecular weight excluding hydrogens is 224 g/mol. The van der Waals surface area contributed by atoms with Gasteiger partial charge in [0, 0.05) is 12.7 Å². The SMILES string of the molecule is CCC(C)S(=O)(=O)Cc1cccnc1CN. The van der Waals surface area contributed by atoms with E-state index >= 15 is 0 Å². The first-order chi connectivity index (χ1) is 7.51. The van der Waals surface area contributed by atoms with Gasteiger partial charge in [-0.25, -0.2) is 8.42 Å². The van der Waals surface area contributed by atoms with Gasteiger partial charge < -0.3 is 5.73 Å². The van der Waals surface area contributed by atoms with Crippen LogP contribution in [-0.4, -0.2) is 18.7 Å². The molecule has 90 valence electrons. The second-order valence-corrected chi connectivity index (χ2v) is 6.26.